The van der Waals surface area contributed by atoms with Gasteiger partial charge in [0.15, 0.2) is 5.69 Å². The van der Waals surface area contributed by atoms with E-state index in [1.807, 2.05) is 26.0 Å². The second kappa shape index (κ2) is 8.30. The number of ether oxygens (including phenoxy) is 1. The lowest BCUT2D eigenvalue weighted by atomic mass is 10.1. The molecule has 0 atom stereocenters. The maximum atomic E-state index is 12.6. The Kier molecular flexibility index (Phi) is 5.50. The Morgan fingerprint density at radius 2 is 1.76 bits per heavy atom. The number of anilines is 2. The molecule has 9 nitrogen and oxygen atoms in total. The van der Waals surface area contributed by atoms with Crippen LogP contribution in [0.4, 0.5) is 25.1 Å². The molecule has 0 bridgehead atoms. The molecule has 33 heavy (non-hydrogen) atoms. The van der Waals surface area contributed by atoms with Crippen LogP contribution in [0.5, 0.6) is 5.75 Å². The maximum absolute atomic E-state index is 12.6. The summed E-state index contributed by atoms with van der Waals surface area (Å²) >= 11 is 0. The van der Waals surface area contributed by atoms with Crippen LogP contribution in [-0.2, 0) is 0 Å². The number of amides is 2. The minimum atomic E-state index is -4.97. The average molecular weight is 459 g/mol. The molecule has 0 aliphatic heterocycles. The van der Waals surface area contributed by atoms with Gasteiger partial charge in [-0.25, -0.2) is 4.98 Å². The second-order valence-corrected chi connectivity index (χ2v) is 7.03. The molecule has 0 unspecified atom stereocenters. The van der Waals surface area contributed by atoms with Gasteiger partial charge in [0, 0.05) is 0 Å². The van der Waals surface area contributed by atoms with E-state index < -0.39 is 29.5 Å². The van der Waals surface area contributed by atoms with Crippen LogP contribution in [0.1, 0.15) is 32.0 Å². The van der Waals surface area contributed by atoms with Gasteiger partial charge >= 0.3 is 12.4 Å². The van der Waals surface area contributed by atoms with Crippen molar-refractivity contribution in [1.82, 2.24) is 15.0 Å². The number of para-hydroxylation sites is 1. The SMILES string of the molecule is Cc1cc2nc(NC(=O)c3coc(NC(=O)c4ccccc4OC(F)(F)F)n3)[nH]c2cc1C. The number of rotatable bonds is 5. The number of oxazole rings is 1. The van der Waals surface area contributed by atoms with Crippen molar-refractivity contribution >= 4 is 34.8 Å². The zero-order valence-electron chi connectivity index (χ0n) is 17.2. The van der Waals surface area contributed by atoms with Crippen molar-refractivity contribution in [1.29, 1.82) is 0 Å². The van der Waals surface area contributed by atoms with Crippen LogP contribution in [0.25, 0.3) is 11.0 Å². The third kappa shape index (κ3) is 4.95. The number of benzene rings is 2. The van der Waals surface area contributed by atoms with Gasteiger partial charge in [0.1, 0.15) is 12.0 Å². The van der Waals surface area contributed by atoms with Gasteiger partial charge in [0.25, 0.3) is 11.8 Å². The summed E-state index contributed by atoms with van der Waals surface area (Å²) in [6.45, 7) is 3.90. The smallest absolute Gasteiger partial charge is 0.431 e. The number of carbonyl (C=O) groups excluding carboxylic acids is 2. The van der Waals surface area contributed by atoms with Crippen molar-refractivity contribution in [2.45, 2.75) is 20.2 Å². The Bertz CT molecular complexity index is 1320. The third-order valence-electron chi connectivity index (χ3n) is 4.64. The first-order chi connectivity index (χ1) is 15.6. The molecular weight excluding hydrogens is 443 g/mol. The molecular formula is C21H16F3N5O4. The molecule has 12 heteroatoms. The quantitative estimate of drug-likeness (QED) is 0.402. The van der Waals surface area contributed by atoms with Gasteiger partial charge in [-0.05, 0) is 49.2 Å². The fourth-order valence-corrected chi connectivity index (χ4v) is 2.97. The number of hydrogen-bond acceptors (Lipinski definition) is 6. The summed E-state index contributed by atoms with van der Waals surface area (Å²) in [5.74, 6) is -2.14. The fraction of sp³-hybridized carbons (Fsp3) is 0.143. The predicted octanol–water partition coefficient (Wildman–Crippen LogP) is 4.57. The van der Waals surface area contributed by atoms with Crippen LogP contribution >= 0.6 is 0 Å². The Balaban J connectivity index is 1.46. The van der Waals surface area contributed by atoms with Crippen LogP contribution in [0, 0.1) is 13.8 Å². The van der Waals surface area contributed by atoms with Gasteiger partial charge in [-0.2, -0.15) is 4.98 Å². The monoisotopic (exact) mass is 459 g/mol. The lowest BCUT2D eigenvalue weighted by Crippen LogP contribution is -2.21. The van der Waals surface area contributed by atoms with E-state index in [0.717, 1.165) is 35.0 Å². The predicted molar refractivity (Wildman–Crippen MR) is 111 cm³/mol. The van der Waals surface area contributed by atoms with Gasteiger partial charge in [-0.3, -0.25) is 20.2 Å². The molecule has 4 aromatic rings. The number of aryl methyl sites for hydroxylation is 2. The van der Waals surface area contributed by atoms with E-state index in [0.29, 0.717) is 5.52 Å². The van der Waals surface area contributed by atoms with E-state index in [9.17, 15) is 22.8 Å². The average Bonchev–Trinajstić information content (AvgIpc) is 3.34. The number of alkyl halides is 3. The number of carbonyl (C=O) groups is 2. The molecule has 2 aromatic carbocycles. The molecule has 2 amide bonds. The molecule has 2 aromatic heterocycles. The minimum absolute atomic E-state index is 0.182. The lowest BCUT2D eigenvalue weighted by molar-refractivity contribution is -0.274. The highest BCUT2D eigenvalue weighted by molar-refractivity contribution is 6.06. The Labute approximate surface area is 184 Å². The fourth-order valence-electron chi connectivity index (χ4n) is 2.97. The third-order valence-corrected chi connectivity index (χ3v) is 4.64. The number of aromatic nitrogens is 3. The molecule has 3 N–H and O–H groups in total. The number of hydrogen-bond donors (Lipinski definition) is 3. The van der Waals surface area contributed by atoms with Gasteiger partial charge in [0.05, 0.1) is 16.6 Å². The maximum Gasteiger partial charge on any atom is 0.573 e. The molecule has 2 heterocycles. The number of aromatic amines is 1. The summed E-state index contributed by atoms with van der Waals surface area (Å²) in [7, 11) is 0. The summed E-state index contributed by atoms with van der Waals surface area (Å²) in [5, 5.41) is 4.72. The van der Waals surface area contributed by atoms with Crippen molar-refractivity contribution in [2.24, 2.45) is 0 Å². The highest BCUT2D eigenvalue weighted by Crippen LogP contribution is 2.27. The van der Waals surface area contributed by atoms with Crippen molar-refractivity contribution in [2.75, 3.05) is 10.6 Å². The van der Waals surface area contributed by atoms with Crippen molar-refractivity contribution < 1.29 is 31.9 Å². The molecule has 0 fully saturated rings. The minimum Gasteiger partial charge on any atom is -0.431 e. The number of halogens is 3. The van der Waals surface area contributed by atoms with E-state index in [1.54, 1.807) is 0 Å². The van der Waals surface area contributed by atoms with Crippen LogP contribution < -0.4 is 15.4 Å². The summed E-state index contributed by atoms with van der Waals surface area (Å²) in [4.78, 5) is 35.9. The number of nitrogens with one attached hydrogen (secondary N) is 3. The molecule has 4 rings (SSSR count). The summed E-state index contributed by atoms with van der Waals surface area (Å²) < 4.78 is 46.6. The highest BCUT2D eigenvalue weighted by Gasteiger charge is 2.33. The second-order valence-electron chi connectivity index (χ2n) is 7.03. The largest absolute Gasteiger partial charge is 0.573 e. The first-order valence-electron chi connectivity index (χ1n) is 9.49. The number of H-pyrrole nitrogens is 1. The van der Waals surface area contributed by atoms with Gasteiger partial charge in [0.2, 0.25) is 5.95 Å². The van der Waals surface area contributed by atoms with Crippen LogP contribution in [-0.4, -0.2) is 33.1 Å². The molecule has 0 aliphatic rings. The number of imidazole rings is 1. The Hall–Kier alpha value is -4.35. The Morgan fingerprint density at radius 3 is 2.52 bits per heavy atom. The van der Waals surface area contributed by atoms with Gasteiger partial charge in [-0.1, -0.05) is 12.1 Å². The van der Waals surface area contributed by atoms with Crippen molar-refractivity contribution in [3.63, 3.8) is 0 Å². The number of nitrogens with zero attached hydrogens (tertiary/aromatic N) is 2. The molecule has 0 saturated carbocycles. The Morgan fingerprint density at radius 1 is 1.03 bits per heavy atom. The van der Waals surface area contributed by atoms with E-state index in [4.69, 9.17) is 4.42 Å². The van der Waals surface area contributed by atoms with E-state index in [-0.39, 0.29) is 17.7 Å². The van der Waals surface area contributed by atoms with Crippen molar-refractivity contribution in [3.8, 4) is 5.75 Å². The lowest BCUT2D eigenvalue weighted by Gasteiger charge is -2.12. The normalized spacial score (nSPS) is 11.4. The molecule has 0 spiro atoms. The highest BCUT2D eigenvalue weighted by atomic mass is 19.4. The summed E-state index contributed by atoms with van der Waals surface area (Å²) in [5.41, 5.74) is 2.93. The van der Waals surface area contributed by atoms with Crippen molar-refractivity contribution in [3.05, 3.63) is 65.0 Å². The van der Waals surface area contributed by atoms with E-state index in [1.165, 1.54) is 12.1 Å². The summed E-state index contributed by atoms with van der Waals surface area (Å²) in [6, 6.07) is 8.17. The van der Waals surface area contributed by atoms with E-state index in [2.05, 4.69) is 30.3 Å². The van der Waals surface area contributed by atoms with E-state index >= 15 is 0 Å². The number of fused-ring (bicyclic) bond motifs is 1. The van der Waals surface area contributed by atoms with Gasteiger partial charge in [-0.15, -0.1) is 13.2 Å². The molecule has 0 aliphatic carbocycles. The first kappa shape index (κ1) is 21.9. The van der Waals surface area contributed by atoms with Gasteiger partial charge < -0.3 is 14.1 Å². The molecule has 0 radical (unpaired) electrons. The van der Waals surface area contributed by atoms with Crippen LogP contribution in [0.2, 0.25) is 0 Å². The molecule has 170 valence electrons. The van der Waals surface area contributed by atoms with Crippen LogP contribution in [0.15, 0.2) is 47.1 Å². The standard InChI is InChI=1S/C21H16F3N5O4/c1-10-7-13-14(8-11(10)2)26-19(25-13)28-18(31)15-9-32-20(27-15)29-17(30)12-5-3-4-6-16(12)33-21(22,23)24/h3-9H,1-2H3,(H,27,29,30)(H2,25,26,28,31). The zero-order valence-corrected chi connectivity index (χ0v) is 17.2. The zero-order chi connectivity index (χ0) is 23.8. The first-order valence-corrected chi connectivity index (χ1v) is 9.49. The molecule has 0 saturated heterocycles. The summed E-state index contributed by atoms with van der Waals surface area (Å²) in [6.07, 6.45) is -3.99. The van der Waals surface area contributed by atoms with Crippen LogP contribution in [0.3, 0.4) is 0 Å². The topological polar surface area (TPSA) is 122 Å².